The smallest absolute Gasteiger partial charge is 0.373 e. The van der Waals surface area contributed by atoms with Gasteiger partial charge in [0.15, 0.2) is 5.69 Å². The molecule has 0 unspecified atom stereocenters. The fraction of sp³-hybridized carbons (Fsp3) is 0.130. The number of carbonyl (C=O) groups excluding carboxylic acids is 1. The number of aromatic amines is 1. The number of H-pyrrole nitrogens is 1. The van der Waals surface area contributed by atoms with Crippen LogP contribution in [-0.2, 0) is 10.9 Å². The van der Waals surface area contributed by atoms with Crippen LogP contribution in [0.4, 0.5) is 18.9 Å². The van der Waals surface area contributed by atoms with E-state index in [1.54, 1.807) is 0 Å². The summed E-state index contributed by atoms with van der Waals surface area (Å²) >= 11 is 6.26. The van der Waals surface area contributed by atoms with Crippen molar-refractivity contribution in [2.24, 2.45) is 0 Å². The number of aromatic nitrogens is 4. The quantitative estimate of drug-likeness (QED) is 0.430. The van der Waals surface area contributed by atoms with Gasteiger partial charge in [-0.15, -0.1) is 0 Å². The Morgan fingerprint density at radius 2 is 2.03 bits per heavy atom. The lowest BCUT2D eigenvalue weighted by Crippen LogP contribution is -2.21. The van der Waals surface area contributed by atoms with E-state index in [1.807, 2.05) is 6.08 Å². The predicted molar refractivity (Wildman–Crippen MR) is 123 cm³/mol. The molecular weight excluding hydrogens is 487 g/mol. The van der Waals surface area contributed by atoms with Crippen molar-refractivity contribution >= 4 is 39.5 Å². The number of nitrogens with one attached hydrogen (secondary N) is 2. The van der Waals surface area contributed by atoms with Crippen LogP contribution in [0.2, 0.25) is 5.02 Å². The van der Waals surface area contributed by atoms with E-state index in [9.17, 15) is 22.8 Å². The minimum absolute atomic E-state index is 0.00102. The molecule has 4 heterocycles. The average molecular weight is 502 g/mol. The number of rotatable bonds is 4. The van der Waals surface area contributed by atoms with Crippen LogP contribution < -0.4 is 10.9 Å². The van der Waals surface area contributed by atoms with Gasteiger partial charge in [0, 0.05) is 22.5 Å². The molecule has 5 rings (SSSR count). The van der Waals surface area contributed by atoms with Crippen LogP contribution in [-0.4, -0.2) is 38.9 Å². The van der Waals surface area contributed by atoms with Crippen LogP contribution in [0.3, 0.4) is 0 Å². The maximum atomic E-state index is 14.1. The SMILES string of the molecule is O=C(Nc1cnc(C2=CCOC2)c(Cl)c1)c1cnn(-c2cccc3c(=O)[nH]ccc23)c1C(F)(F)F. The highest BCUT2D eigenvalue weighted by molar-refractivity contribution is 6.32. The molecule has 12 heteroatoms. The van der Waals surface area contributed by atoms with Gasteiger partial charge >= 0.3 is 6.18 Å². The lowest BCUT2D eigenvalue weighted by Gasteiger charge is -2.14. The van der Waals surface area contributed by atoms with Crippen LogP contribution in [0, 0.1) is 0 Å². The van der Waals surface area contributed by atoms with Crippen molar-refractivity contribution in [2.75, 3.05) is 18.5 Å². The number of benzene rings is 1. The van der Waals surface area contributed by atoms with E-state index in [-0.39, 0.29) is 27.2 Å². The maximum Gasteiger partial charge on any atom is 0.434 e. The van der Waals surface area contributed by atoms with Crippen molar-refractivity contribution in [3.8, 4) is 5.69 Å². The summed E-state index contributed by atoms with van der Waals surface area (Å²) in [5.74, 6) is -1.05. The van der Waals surface area contributed by atoms with Gasteiger partial charge in [0.2, 0.25) is 0 Å². The first-order valence-corrected chi connectivity index (χ1v) is 10.6. The summed E-state index contributed by atoms with van der Waals surface area (Å²) in [7, 11) is 0. The third-order valence-electron chi connectivity index (χ3n) is 5.41. The molecule has 0 bridgehead atoms. The van der Waals surface area contributed by atoms with Gasteiger partial charge in [0.05, 0.1) is 53.3 Å². The van der Waals surface area contributed by atoms with Gasteiger partial charge in [-0.25, -0.2) is 4.68 Å². The van der Waals surface area contributed by atoms with E-state index in [0.29, 0.717) is 23.6 Å². The summed E-state index contributed by atoms with van der Waals surface area (Å²) in [6.45, 7) is 0.772. The summed E-state index contributed by atoms with van der Waals surface area (Å²) in [5, 5.41) is 6.88. The molecule has 1 amide bonds. The molecule has 4 aromatic rings. The molecule has 8 nitrogen and oxygen atoms in total. The average Bonchev–Trinajstić information content (AvgIpc) is 3.49. The molecule has 0 radical (unpaired) electrons. The molecule has 0 spiro atoms. The van der Waals surface area contributed by atoms with E-state index in [1.165, 1.54) is 42.7 Å². The second-order valence-electron chi connectivity index (χ2n) is 7.61. The van der Waals surface area contributed by atoms with Crippen molar-refractivity contribution in [2.45, 2.75) is 6.18 Å². The molecule has 0 fully saturated rings. The summed E-state index contributed by atoms with van der Waals surface area (Å²) in [5.41, 5.74) is -1.09. The Morgan fingerprint density at radius 1 is 1.20 bits per heavy atom. The van der Waals surface area contributed by atoms with Gasteiger partial charge in [0.25, 0.3) is 11.5 Å². The first-order chi connectivity index (χ1) is 16.7. The number of fused-ring (bicyclic) bond motifs is 1. The van der Waals surface area contributed by atoms with Gasteiger partial charge in [-0.1, -0.05) is 23.7 Å². The molecule has 0 atom stereocenters. The predicted octanol–water partition coefficient (Wildman–Crippen LogP) is 4.45. The van der Waals surface area contributed by atoms with Gasteiger partial charge in [-0.05, 0) is 24.3 Å². The second kappa shape index (κ2) is 8.67. The molecule has 0 aliphatic carbocycles. The number of halogens is 4. The Bertz CT molecular complexity index is 1560. The van der Waals surface area contributed by atoms with E-state index in [0.717, 1.165) is 11.8 Å². The number of ether oxygens (including phenoxy) is 1. The van der Waals surface area contributed by atoms with E-state index in [4.69, 9.17) is 16.3 Å². The Morgan fingerprint density at radius 3 is 2.74 bits per heavy atom. The van der Waals surface area contributed by atoms with Gasteiger partial charge in [0.1, 0.15) is 0 Å². The lowest BCUT2D eigenvalue weighted by molar-refractivity contribution is -0.143. The largest absolute Gasteiger partial charge is 0.434 e. The van der Waals surface area contributed by atoms with Crippen LogP contribution in [0.5, 0.6) is 0 Å². The molecule has 1 aliphatic rings. The van der Waals surface area contributed by atoms with Gasteiger partial charge < -0.3 is 15.0 Å². The van der Waals surface area contributed by atoms with Crippen molar-refractivity contribution in [3.05, 3.63) is 87.3 Å². The number of amides is 1. The highest BCUT2D eigenvalue weighted by Crippen LogP contribution is 2.35. The molecule has 0 saturated carbocycles. The fourth-order valence-corrected chi connectivity index (χ4v) is 4.14. The van der Waals surface area contributed by atoms with E-state index in [2.05, 4.69) is 20.4 Å². The Hall–Kier alpha value is -3.96. The van der Waals surface area contributed by atoms with E-state index >= 15 is 0 Å². The minimum atomic E-state index is -4.93. The molecule has 178 valence electrons. The van der Waals surface area contributed by atoms with E-state index < -0.39 is 28.9 Å². The fourth-order valence-electron chi connectivity index (χ4n) is 3.85. The second-order valence-corrected chi connectivity index (χ2v) is 8.02. The Balaban J connectivity index is 1.53. The molecule has 1 aliphatic heterocycles. The molecule has 3 aromatic heterocycles. The monoisotopic (exact) mass is 501 g/mol. The normalized spacial score (nSPS) is 13.8. The van der Waals surface area contributed by atoms with Crippen molar-refractivity contribution in [3.63, 3.8) is 0 Å². The first-order valence-electron chi connectivity index (χ1n) is 10.2. The first kappa shape index (κ1) is 22.8. The van der Waals surface area contributed by atoms with Crippen LogP contribution in [0.15, 0.2) is 59.8 Å². The lowest BCUT2D eigenvalue weighted by atomic mass is 10.1. The maximum absolute atomic E-state index is 14.1. The van der Waals surface area contributed by atoms with Crippen molar-refractivity contribution in [1.82, 2.24) is 19.7 Å². The highest BCUT2D eigenvalue weighted by atomic mass is 35.5. The zero-order chi connectivity index (χ0) is 24.7. The number of hydrogen-bond donors (Lipinski definition) is 2. The Kier molecular flexibility index (Phi) is 5.65. The number of alkyl halides is 3. The summed E-state index contributed by atoms with van der Waals surface area (Å²) in [6.07, 6.45) is 0.340. The van der Waals surface area contributed by atoms with Gasteiger partial charge in [-0.2, -0.15) is 18.3 Å². The standard InChI is InChI=1S/C23H15ClF3N5O3/c24-17-8-13(9-29-19(17)12-5-7-35-11-12)31-22(34)16-10-30-32(20(16)23(25,26)27)18-3-1-2-15-14(18)4-6-28-21(15)33/h1-6,8-10H,7,11H2,(H,28,33)(H,31,34). The molecular formula is C23H15ClF3N5O3. The number of anilines is 1. The molecule has 1 aromatic carbocycles. The van der Waals surface area contributed by atoms with Crippen LogP contribution in [0.1, 0.15) is 21.7 Å². The summed E-state index contributed by atoms with van der Waals surface area (Å²) < 4.78 is 48.3. The topological polar surface area (TPSA) is 102 Å². The van der Waals surface area contributed by atoms with Crippen LogP contribution in [0.25, 0.3) is 22.0 Å². The number of nitrogens with zero attached hydrogens (tertiary/aromatic N) is 3. The number of hydrogen-bond acceptors (Lipinski definition) is 5. The number of carbonyl (C=O) groups is 1. The zero-order valence-electron chi connectivity index (χ0n) is 17.7. The Labute approximate surface area is 200 Å². The summed E-state index contributed by atoms with van der Waals surface area (Å²) in [6, 6.07) is 7.17. The minimum Gasteiger partial charge on any atom is -0.373 e. The molecule has 2 N–H and O–H groups in total. The third-order valence-corrected chi connectivity index (χ3v) is 5.70. The van der Waals surface area contributed by atoms with Gasteiger partial charge in [-0.3, -0.25) is 14.6 Å². The van der Waals surface area contributed by atoms with Crippen molar-refractivity contribution < 1.29 is 22.7 Å². The van der Waals surface area contributed by atoms with Crippen molar-refractivity contribution in [1.29, 1.82) is 0 Å². The summed E-state index contributed by atoms with van der Waals surface area (Å²) in [4.78, 5) is 31.7. The number of pyridine rings is 2. The highest BCUT2D eigenvalue weighted by Gasteiger charge is 2.41. The zero-order valence-corrected chi connectivity index (χ0v) is 18.4. The third kappa shape index (κ3) is 4.19. The van der Waals surface area contributed by atoms with Crippen LogP contribution >= 0.6 is 11.6 Å². The molecule has 35 heavy (non-hydrogen) atoms. The molecule has 0 saturated heterocycles.